The highest BCUT2D eigenvalue weighted by Gasteiger charge is 2.24. The van der Waals surface area contributed by atoms with Crippen LogP contribution in [0.25, 0.3) is 0 Å². The van der Waals surface area contributed by atoms with Crippen LogP contribution in [0.2, 0.25) is 0 Å². The molecule has 16 heavy (non-hydrogen) atoms. The van der Waals surface area contributed by atoms with Gasteiger partial charge < -0.3 is 20.1 Å². The van der Waals surface area contributed by atoms with Crippen molar-refractivity contribution in [3.05, 3.63) is 24.0 Å². The van der Waals surface area contributed by atoms with E-state index in [1.807, 2.05) is 0 Å². The number of ether oxygens (including phenoxy) is 1. The van der Waals surface area contributed by atoms with E-state index < -0.39 is 29.6 Å². The summed E-state index contributed by atoms with van der Waals surface area (Å²) in [7, 11) is 0. The molecular formula is C10H14O6. The van der Waals surface area contributed by atoms with E-state index in [1.165, 1.54) is 0 Å². The van der Waals surface area contributed by atoms with Crippen LogP contribution in [-0.2, 0) is 14.3 Å². The molecule has 0 radical (unpaired) electrons. The number of aliphatic hydroxyl groups is 3. The maximum absolute atomic E-state index is 11.2. The summed E-state index contributed by atoms with van der Waals surface area (Å²) in [4.78, 5) is 21.9. The van der Waals surface area contributed by atoms with Gasteiger partial charge in [-0.2, -0.15) is 0 Å². The fraction of sp³-hybridized carbons (Fsp3) is 0.400. The first kappa shape index (κ1) is 14.3. The number of hydrogen-bond donors (Lipinski definition) is 3. The lowest BCUT2D eigenvalue weighted by molar-refractivity contribution is -0.155. The summed E-state index contributed by atoms with van der Waals surface area (Å²) in [5.41, 5.74) is -0.739. The van der Waals surface area contributed by atoms with Gasteiger partial charge in [-0.15, -0.1) is 0 Å². The van der Waals surface area contributed by atoms with Gasteiger partial charge in [-0.05, 0) is 6.42 Å². The minimum atomic E-state index is -2.20. The number of aliphatic hydroxyl groups excluding tert-OH is 2. The van der Waals surface area contributed by atoms with E-state index in [9.17, 15) is 14.7 Å². The molecule has 90 valence electrons. The molecule has 0 spiro atoms. The van der Waals surface area contributed by atoms with Crippen LogP contribution < -0.4 is 0 Å². The minimum Gasteiger partial charge on any atom is -0.512 e. The van der Waals surface area contributed by atoms with Gasteiger partial charge in [-0.1, -0.05) is 13.5 Å². The molecule has 0 heterocycles. The third-order valence-electron chi connectivity index (χ3n) is 1.64. The Morgan fingerprint density at radius 2 is 2.00 bits per heavy atom. The Bertz CT molecular complexity index is 315. The van der Waals surface area contributed by atoms with Crippen molar-refractivity contribution in [2.75, 3.05) is 0 Å². The van der Waals surface area contributed by atoms with Crippen molar-refractivity contribution in [2.24, 2.45) is 0 Å². The highest BCUT2D eigenvalue weighted by atomic mass is 16.6. The second-order valence-corrected chi connectivity index (χ2v) is 2.90. The molecule has 0 amide bonds. The molecule has 0 saturated carbocycles. The first-order chi connectivity index (χ1) is 7.43. The van der Waals surface area contributed by atoms with Gasteiger partial charge in [0.25, 0.3) is 0 Å². The molecule has 6 nitrogen and oxygen atoms in total. The van der Waals surface area contributed by atoms with Gasteiger partial charge in [-0.3, -0.25) is 0 Å². The molecule has 0 aromatic rings. The molecule has 0 aliphatic carbocycles. The fourth-order valence-corrected chi connectivity index (χ4v) is 0.932. The maximum Gasteiger partial charge on any atom is 0.350 e. The molecule has 3 N–H and O–H groups in total. The molecule has 0 atom stereocenters. The maximum atomic E-state index is 11.2. The average Bonchev–Trinajstić information content (AvgIpc) is 2.17. The minimum absolute atomic E-state index is 0.0737. The van der Waals surface area contributed by atoms with Crippen LogP contribution in [0.3, 0.4) is 0 Å². The normalized spacial score (nSPS) is 12.0. The Kier molecular flexibility index (Phi) is 6.06. The van der Waals surface area contributed by atoms with E-state index in [2.05, 4.69) is 11.3 Å². The van der Waals surface area contributed by atoms with Gasteiger partial charge in [-0.25, -0.2) is 9.59 Å². The highest BCUT2D eigenvalue weighted by molar-refractivity contribution is 5.99. The van der Waals surface area contributed by atoms with Crippen molar-refractivity contribution in [3.63, 3.8) is 0 Å². The fourth-order valence-electron chi connectivity index (χ4n) is 0.932. The summed E-state index contributed by atoms with van der Waals surface area (Å²) in [6.07, 6.45) is -0.887. The van der Waals surface area contributed by atoms with Crippen molar-refractivity contribution >= 4 is 11.9 Å². The standard InChI is InChI=1S/C10H14O6/c1-3-5-6(11)8(9(13)14)10(15)16-7(12)4-2/h4,9,11,13-14H,2-3,5H2,1H3. The van der Waals surface area contributed by atoms with Crippen LogP contribution in [-0.4, -0.2) is 33.5 Å². The van der Waals surface area contributed by atoms with E-state index in [0.29, 0.717) is 6.42 Å². The lowest BCUT2D eigenvalue weighted by atomic mass is 10.1. The number of allylic oxidation sites excluding steroid dienone is 1. The number of hydrogen-bond acceptors (Lipinski definition) is 6. The van der Waals surface area contributed by atoms with Gasteiger partial charge in [0.15, 0.2) is 6.29 Å². The number of esters is 2. The quantitative estimate of drug-likeness (QED) is 0.204. The van der Waals surface area contributed by atoms with E-state index in [0.717, 1.165) is 6.08 Å². The zero-order valence-corrected chi connectivity index (χ0v) is 8.84. The van der Waals surface area contributed by atoms with Crippen LogP contribution in [0, 0.1) is 0 Å². The third kappa shape index (κ3) is 4.24. The average molecular weight is 230 g/mol. The van der Waals surface area contributed by atoms with Crippen molar-refractivity contribution < 1.29 is 29.6 Å². The monoisotopic (exact) mass is 230 g/mol. The van der Waals surface area contributed by atoms with Gasteiger partial charge in [0.2, 0.25) is 0 Å². The van der Waals surface area contributed by atoms with Gasteiger partial charge in [0.1, 0.15) is 11.3 Å². The van der Waals surface area contributed by atoms with Crippen LogP contribution in [0.4, 0.5) is 0 Å². The molecule has 0 aliphatic rings. The Balaban J connectivity index is 4.93. The third-order valence-corrected chi connectivity index (χ3v) is 1.64. The van der Waals surface area contributed by atoms with E-state index in [-0.39, 0.29) is 6.42 Å². The molecule has 0 saturated heterocycles. The summed E-state index contributed by atoms with van der Waals surface area (Å²) in [6, 6.07) is 0. The van der Waals surface area contributed by atoms with Crippen LogP contribution >= 0.6 is 0 Å². The van der Waals surface area contributed by atoms with Gasteiger partial charge >= 0.3 is 11.9 Å². The van der Waals surface area contributed by atoms with Crippen LogP contribution in [0.1, 0.15) is 19.8 Å². The molecule has 0 bridgehead atoms. The van der Waals surface area contributed by atoms with Crippen molar-refractivity contribution in [1.29, 1.82) is 0 Å². The predicted octanol–water partition coefficient (Wildman–Crippen LogP) is 0.165. The summed E-state index contributed by atoms with van der Waals surface area (Å²) < 4.78 is 4.16. The summed E-state index contributed by atoms with van der Waals surface area (Å²) in [5, 5.41) is 27.1. The van der Waals surface area contributed by atoms with Gasteiger partial charge in [0.05, 0.1) is 0 Å². The SMILES string of the molecule is C=CC(=O)OC(=O)C(=C(O)CCC)C(O)O. The first-order valence-electron chi connectivity index (χ1n) is 4.60. The molecular weight excluding hydrogens is 216 g/mol. The molecule has 0 aromatic carbocycles. The van der Waals surface area contributed by atoms with E-state index in [1.54, 1.807) is 6.92 Å². The molecule has 0 fully saturated rings. The van der Waals surface area contributed by atoms with Crippen molar-refractivity contribution in [3.8, 4) is 0 Å². The Morgan fingerprint density at radius 1 is 1.44 bits per heavy atom. The first-order valence-corrected chi connectivity index (χ1v) is 4.60. The number of rotatable bonds is 5. The molecule has 0 unspecified atom stereocenters. The lowest BCUT2D eigenvalue weighted by Crippen LogP contribution is -2.23. The topological polar surface area (TPSA) is 104 Å². The number of carbonyl (C=O) groups excluding carboxylic acids is 2. The zero-order valence-electron chi connectivity index (χ0n) is 8.84. The highest BCUT2D eigenvalue weighted by Crippen LogP contribution is 2.13. The Hall–Kier alpha value is -1.66. The summed E-state index contributed by atoms with van der Waals surface area (Å²) >= 11 is 0. The summed E-state index contributed by atoms with van der Waals surface area (Å²) in [6.45, 7) is 4.79. The van der Waals surface area contributed by atoms with E-state index in [4.69, 9.17) is 10.2 Å². The van der Waals surface area contributed by atoms with Gasteiger partial charge in [0, 0.05) is 12.5 Å². The molecule has 0 aromatic heterocycles. The van der Waals surface area contributed by atoms with Crippen LogP contribution in [0.5, 0.6) is 0 Å². The summed E-state index contributed by atoms with van der Waals surface area (Å²) in [5.74, 6) is -2.85. The predicted molar refractivity (Wildman–Crippen MR) is 54.1 cm³/mol. The molecule has 6 heteroatoms. The zero-order chi connectivity index (χ0) is 12.7. The second-order valence-electron chi connectivity index (χ2n) is 2.90. The Labute approximate surface area is 92.5 Å². The van der Waals surface area contributed by atoms with Crippen molar-refractivity contribution in [2.45, 2.75) is 26.1 Å². The Morgan fingerprint density at radius 3 is 2.38 bits per heavy atom. The number of carbonyl (C=O) groups is 2. The smallest absolute Gasteiger partial charge is 0.350 e. The second kappa shape index (κ2) is 6.76. The van der Waals surface area contributed by atoms with Crippen LogP contribution in [0.15, 0.2) is 24.0 Å². The van der Waals surface area contributed by atoms with E-state index >= 15 is 0 Å². The van der Waals surface area contributed by atoms with Crippen molar-refractivity contribution in [1.82, 2.24) is 0 Å². The lowest BCUT2D eigenvalue weighted by Gasteiger charge is -2.10. The molecule has 0 aliphatic heterocycles. The largest absolute Gasteiger partial charge is 0.512 e. The molecule has 0 rings (SSSR count).